The number of hydrogen-bond acceptors (Lipinski definition) is 2. The average Bonchev–Trinajstić information content (AvgIpc) is 3.17. The fourth-order valence-electron chi connectivity index (χ4n) is 3.46. The summed E-state index contributed by atoms with van der Waals surface area (Å²) in [6.07, 6.45) is -4.50. The fraction of sp³-hybridized carbons (Fsp3) is 0.100. The summed E-state index contributed by atoms with van der Waals surface area (Å²) in [5.41, 5.74) is 2.26. The van der Waals surface area contributed by atoms with Crippen LogP contribution in [0.4, 0.5) is 13.2 Å². The largest absolute Gasteiger partial charge is 0.418 e. The number of nitrogens with zero attached hydrogens (tertiary/aromatic N) is 3. The van der Waals surface area contributed by atoms with Crippen LogP contribution in [-0.2, 0) is 12.7 Å². The van der Waals surface area contributed by atoms with Gasteiger partial charge in [0.1, 0.15) is 11.3 Å². The lowest BCUT2D eigenvalue weighted by atomic mass is 10.1. The summed E-state index contributed by atoms with van der Waals surface area (Å²) < 4.78 is 42.9. The zero-order valence-electron chi connectivity index (χ0n) is 13.5. The highest BCUT2D eigenvalue weighted by atomic mass is 19.4. The van der Waals surface area contributed by atoms with Gasteiger partial charge in [0.05, 0.1) is 17.8 Å². The molecule has 1 aliphatic heterocycles. The first-order valence-electron chi connectivity index (χ1n) is 8.14. The van der Waals surface area contributed by atoms with Crippen LogP contribution in [0.1, 0.15) is 11.1 Å². The number of imidazole rings is 1. The highest BCUT2D eigenvalue weighted by molar-refractivity contribution is 5.86. The van der Waals surface area contributed by atoms with Crippen molar-refractivity contribution in [3.05, 3.63) is 71.8 Å². The highest BCUT2D eigenvalue weighted by Gasteiger charge is 2.37. The molecule has 128 valence electrons. The molecule has 3 nitrogen and oxygen atoms in total. The molecule has 0 spiro atoms. The molecule has 1 aliphatic rings. The third-order valence-electron chi connectivity index (χ3n) is 4.67. The normalized spacial score (nSPS) is 13.0. The van der Waals surface area contributed by atoms with Crippen LogP contribution in [0.25, 0.3) is 33.8 Å². The van der Waals surface area contributed by atoms with Gasteiger partial charge in [-0.3, -0.25) is 0 Å². The van der Waals surface area contributed by atoms with E-state index in [1.807, 2.05) is 30.3 Å². The van der Waals surface area contributed by atoms with Crippen LogP contribution < -0.4 is 0 Å². The van der Waals surface area contributed by atoms with Crippen molar-refractivity contribution in [1.29, 1.82) is 0 Å². The van der Waals surface area contributed by atoms with Crippen LogP contribution in [0.3, 0.4) is 0 Å². The molecular formula is C20H12F3N3. The Bertz CT molecular complexity index is 1140. The lowest BCUT2D eigenvalue weighted by Gasteiger charge is -2.10. The minimum atomic E-state index is -4.50. The molecule has 2 aromatic carbocycles. The zero-order valence-corrected chi connectivity index (χ0v) is 13.5. The third-order valence-corrected chi connectivity index (χ3v) is 4.67. The number of benzene rings is 2. The van der Waals surface area contributed by atoms with Crippen LogP contribution in [0.5, 0.6) is 0 Å². The number of rotatable bonds is 1. The van der Waals surface area contributed by atoms with E-state index in [1.54, 1.807) is 28.8 Å². The van der Waals surface area contributed by atoms with E-state index in [4.69, 9.17) is 0 Å². The van der Waals surface area contributed by atoms with E-state index in [2.05, 4.69) is 9.97 Å². The highest BCUT2D eigenvalue weighted by Crippen LogP contribution is 2.40. The lowest BCUT2D eigenvalue weighted by Crippen LogP contribution is -2.08. The van der Waals surface area contributed by atoms with E-state index in [0.717, 1.165) is 17.2 Å². The van der Waals surface area contributed by atoms with Gasteiger partial charge in [-0.05, 0) is 11.6 Å². The second kappa shape index (κ2) is 5.17. The molecule has 0 atom stereocenters. The minimum Gasteiger partial charge on any atom is -0.304 e. The molecule has 0 aliphatic carbocycles. The maximum absolute atomic E-state index is 13.7. The van der Waals surface area contributed by atoms with E-state index in [-0.39, 0.29) is 11.2 Å². The van der Waals surface area contributed by atoms with Crippen molar-refractivity contribution in [3.63, 3.8) is 0 Å². The summed E-state index contributed by atoms with van der Waals surface area (Å²) in [4.78, 5) is 8.85. The van der Waals surface area contributed by atoms with Gasteiger partial charge in [-0.15, -0.1) is 0 Å². The van der Waals surface area contributed by atoms with Crippen LogP contribution in [0.2, 0.25) is 0 Å². The van der Waals surface area contributed by atoms with Gasteiger partial charge in [0.25, 0.3) is 0 Å². The van der Waals surface area contributed by atoms with Crippen molar-refractivity contribution >= 4 is 11.2 Å². The first kappa shape index (κ1) is 15.1. The van der Waals surface area contributed by atoms with Gasteiger partial charge in [0.15, 0.2) is 5.65 Å². The molecule has 6 heteroatoms. The van der Waals surface area contributed by atoms with Crippen LogP contribution in [0.15, 0.2) is 60.7 Å². The number of pyridine rings is 1. The molecule has 2 aromatic heterocycles. The van der Waals surface area contributed by atoms with E-state index >= 15 is 0 Å². The Hall–Kier alpha value is -3.15. The topological polar surface area (TPSA) is 30.7 Å². The molecule has 0 N–H and O–H groups in total. The Kier molecular flexibility index (Phi) is 3.01. The van der Waals surface area contributed by atoms with Gasteiger partial charge in [0.2, 0.25) is 0 Å². The summed E-state index contributed by atoms with van der Waals surface area (Å²) >= 11 is 0. The van der Waals surface area contributed by atoms with E-state index < -0.39 is 11.7 Å². The van der Waals surface area contributed by atoms with Crippen molar-refractivity contribution in [3.8, 4) is 22.6 Å². The molecule has 3 heterocycles. The van der Waals surface area contributed by atoms with Crippen molar-refractivity contribution in [2.24, 2.45) is 0 Å². The molecule has 0 radical (unpaired) electrons. The summed E-state index contributed by atoms with van der Waals surface area (Å²) in [6, 6.07) is 17.6. The van der Waals surface area contributed by atoms with Crippen molar-refractivity contribution in [2.75, 3.05) is 0 Å². The average molecular weight is 351 g/mol. The van der Waals surface area contributed by atoms with Crippen molar-refractivity contribution < 1.29 is 13.2 Å². The molecule has 0 bridgehead atoms. The maximum Gasteiger partial charge on any atom is 0.418 e. The van der Waals surface area contributed by atoms with Crippen LogP contribution in [-0.4, -0.2) is 14.5 Å². The fourth-order valence-corrected chi connectivity index (χ4v) is 3.46. The SMILES string of the molecule is FC(F)(F)c1cc(-c2ccccc2)nc2c1nc1n2Cc2ccccc2-1. The Balaban J connectivity index is 1.83. The van der Waals surface area contributed by atoms with Crippen LogP contribution >= 0.6 is 0 Å². The van der Waals surface area contributed by atoms with E-state index in [9.17, 15) is 13.2 Å². The van der Waals surface area contributed by atoms with Gasteiger partial charge in [-0.2, -0.15) is 13.2 Å². The number of halogens is 3. The molecule has 0 saturated heterocycles. The molecule has 5 rings (SSSR count). The van der Waals surface area contributed by atoms with Gasteiger partial charge in [-0.1, -0.05) is 54.6 Å². The number of hydrogen-bond donors (Lipinski definition) is 0. The second-order valence-corrected chi connectivity index (χ2v) is 6.27. The molecule has 0 unspecified atom stereocenters. The lowest BCUT2D eigenvalue weighted by molar-refractivity contribution is -0.136. The van der Waals surface area contributed by atoms with E-state index in [0.29, 0.717) is 23.6 Å². The first-order valence-corrected chi connectivity index (χ1v) is 8.14. The number of aromatic nitrogens is 3. The molecule has 0 amide bonds. The Morgan fingerprint density at radius 2 is 1.62 bits per heavy atom. The third kappa shape index (κ3) is 2.15. The molecular weight excluding hydrogens is 339 g/mol. The Morgan fingerprint density at radius 1 is 0.885 bits per heavy atom. The van der Waals surface area contributed by atoms with Crippen molar-refractivity contribution in [2.45, 2.75) is 12.7 Å². The number of fused-ring (bicyclic) bond motifs is 5. The predicted molar refractivity (Wildman–Crippen MR) is 92.5 cm³/mol. The van der Waals surface area contributed by atoms with E-state index in [1.165, 1.54) is 0 Å². The summed E-state index contributed by atoms with van der Waals surface area (Å²) in [6.45, 7) is 0.477. The van der Waals surface area contributed by atoms with Crippen molar-refractivity contribution in [1.82, 2.24) is 14.5 Å². The quantitative estimate of drug-likeness (QED) is 0.418. The molecule has 0 fully saturated rings. The smallest absolute Gasteiger partial charge is 0.304 e. The molecule has 0 saturated carbocycles. The second-order valence-electron chi connectivity index (χ2n) is 6.27. The summed E-state index contributed by atoms with van der Waals surface area (Å²) in [5, 5.41) is 0. The van der Waals surface area contributed by atoms with Crippen LogP contribution in [0, 0.1) is 0 Å². The van der Waals surface area contributed by atoms with Gasteiger partial charge in [-0.25, -0.2) is 9.97 Å². The minimum absolute atomic E-state index is 0.0957. The summed E-state index contributed by atoms with van der Waals surface area (Å²) in [7, 11) is 0. The first-order chi connectivity index (χ1) is 12.5. The predicted octanol–water partition coefficient (Wildman–Crippen LogP) is 5.15. The number of alkyl halides is 3. The zero-order chi connectivity index (χ0) is 17.9. The van der Waals surface area contributed by atoms with Gasteiger partial charge < -0.3 is 4.57 Å². The Labute approximate surface area is 146 Å². The monoisotopic (exact) mass is 351 g/mol. The maximum atomic E-state index is 13.7. The van der Waals surface area contributed by atoms with Gasteiger partial charge >= 0.3 is 6.18 Å². The van der Waals surface area contributed by atoms with Gasteiger partial charge in [0, 0.05) is 11.1 Å². The molecule has 26 heavy (non-hydrogen) atoms. The Morgan fingerprint density at radius 3 is 2.38 bits per heavy atom. The molecule has 4 aromatic rings. The standard InChI is InChI=1S/C20H12F3N3/c21-20(22,23)15-10-16(12-6-2-1-3-7-12)24-19-17(15)25-18-14-9-5-4-8-13(14)11-26(18)19/h1-10H,11H2. The summed E-state index contributed by atoms with van der Waals surface area (Å²) in [5.74, 6) is 0.541.